The normalized spacial score (nSPS) is 16.3. The summed E-state index contributed by atoms with van der Waals surface area (Å²) in [6.07, 6.45) is 1.72. The van der Waals surface area contributed by atoms with Gasteiger partial charge in [0.15, 0.2) is 0 Å². The molecule has 0 saturated carbocycles. The average molecular weight is 510 g/mol. The van der Waals surface area contributed by atoms with Crippen molar-refractivity contribution in [1.82, 2.24) is 9.62 Å². The number of carbonyl (C=O) groups excluding carboxylic acids is 2. The van der Waals surface area contributed by atoms with E-state index in [9.17, 15) is 22.4 Å². The smallest absolute Gasteiger partial charge is 0.253 e. The molecule has 9 heteroatoms. The third kappa shape index (κ3) is 6.16. The van der Waals surface area contributed by atoms with E-state index in [-0.39, 0.29) is 29.8 Å². The topological polar surface area (TPSA) is 95.6 Å². The number of hydrogen-bond donors (Lipinski definition) is 2. The third-order valence-corrected chi connectivity index (χ3v) is 8.06. The third-order valence-electron chi connectivity index (χ3n) is 6.18. The first kappa shape index (κ1) is 25.5. The number of amides is 2. The maximum atomic E-state index is 13.2. The molecule has 3 aromatic rings. The van der Waals surface area contributed by atoms with E-state index in [4.69, 9.17) is 0 Å². The van der Waals surface area contributed by atoms with Gasteiger partial charge in [0.1, 0.15) is 5.82 Å². The molecule has 1 aliphatic heterocycles. The minimum atomic E-state index is -3.85. The van der Waals surface area contributed by atoms with E-state index in [2.05, 4.69) is 10.6 Å². The van der Waals surface area contributed by atoms with Crippen molar-refractivity contribution in [2.45, 2.75) is 24.2 Å². The molecule has 2 amide bonds. The largest absolute Gasteiger partial charge is 0.352 e. The number of sulfonamides is 1. The number of para-hydroxylation sites is 1. The fraction of sp³-hybridized carbons (Fsp3) is 0.259. The van der Waals surface area contributed by atoms with Crippen LogP contribution in [0.25, 0.3) is 0 Å². The van der Waals surface area contributed by atoms with Crippen molar-refractivity contribution in [1.29, 1.82) is 0 Å². The van der Waals surface area contributed by atoms with Crippen LogP contribution in [0.5, 0.6) is 0 Å². The van der Waals surface area contributed by atoms with Crippen molar-refractivity contribution in [2.24, 2.45) is 5.92 Å². The van der Waals surface area contributed by atoms with Crippen molar-refractivity contribution >= 4 is 27.5 Å². The van der Waals surface area contributed by atoms with Crippen LogP contribution in [0.3, 0.4) is 0 Å². The lowest BCUT2D eigenvalue weighted by Gasteiger charge is -2.31. The lowest BCUT2D eigenvalue weighted by Crippen LogP contribution is -2.43. The highest BCUT2D eigenvalue weighted by Crippen LogP contribution is 2.25. The molecule has 0 bridgehead atoms. The predicted octanol–water partition coefficient (Wildman–Crippen LogP) is 3.84. The number of benzene rings is 3. The highest BCUT2D eigenvalue weighted by Gasteiger charge is 2.33. The van der Waals surface area contributed by atoms with Gasteiger partial charge in [0.25, 0.3) is 5.91 Å². The van der Waals surface area contributed by atoms with Gasteiger partial charge in [-0.05, 0) is 61.2 Å². The number of carbonyl (C=O) groups is 2. The van der Waals surface area contributed by atoms with E-state index in [0.717, 1.165) is 17.7 Å². The van der Waals surface area contributed by atoms with E-state index in [0.29, 0.717) is 37.1 Å². The zero-order valence-electron chi connectivity index (χ0n) is 19.7. The number of nitrogens with zero attached hydrogens (tertiary/aromatic N) is 1. The van der Waals surface area contributed by atoms with Crippen molar-refractivity contribution < 1.29 is 22.4 Å². The van der Waals surface area contributed by atoms with Crippen molar-refractivity contribution in [3.05, 3.63) is 95.8 Å². The Hall–Kier alpha value is -3.56. The summed E-state index contributed by atoms with van der Waals surface area (Å²) < 4.78 is 40.5. The second-order valence-electron chi connectivity index (χ2n) is 8.68. The second kappa shape index (κ2) is 11.5. The zero-order chi connectivity index (χ0) is 25.5. The average Bonchev–Trinajstić information content (AvgIpc) is 2.90. The van der Waals surface area contributed by atoms with Gasteiger partial charge in [-0.25, -0.2) is 12.8 Å². The summed E-state index contributed by atoms with van der Waals surface area (Å²) in [5, 5.41) is 5.70. The molecule has 0 unspecified atom stereocenters. The molecular weight excluding hydrogens is 481 g/mol. The van der Waals surface area contributed by atoms with Gasteiger partial charge in [0.2, 0.25) is 15.9 Å². The van der Waals surface area contributed by atoms with E-state index in [1.807, 2.05) is 30.3 Å². The summed E-state index contributed by atoms with van der Waals surface area (Å²) in [7, 11) is -3.85. The number of piperidine rings is 1. The molecule has 3 aromatic carbocycles. The van der Waals surface area contributed by atoms with E-state index in [1.54, 1.807) is 24.3 Å². The highest BCUT2D eigenvalue weighted by molar-refractivity contribution is 7.89. The Bertz CT molecular complexity index is 1310. The maximum absolute atomic E-state index is 13.2. The van der Waals surface area contributed by atoms with Crippen LogP contribution < -0.4 is 10.6 Å². The SMILES string of the molecule is O=C(NCCc1ccccc1)c1ccccc1NC(=O)[C@H]1CCCN(S(=O)(=O)c2ccc(F)cc2)C1. The Labute approximate surface area is 210 Å². The molecule has 7 nitrogen and oxygen atoms in total. The molecule has 188 valence electrons. The number of nitrogens with one attached hydrogen (secondary N) is 2. The minimum absolute atomic E-state index is 0.0109. The van der Waals surface area contributed by atoms with Gasteiger partial charge in [0, 0.05) is 19.6 Å². The molecule has 1 atom stereocenters. The lowest BCUT2D eigenvalue weighted by molar-refractivity contribution is -0.120. The first-order valence-electron chi connectivity index (χ1n) is 11.8. The second-order valence-corrected chi connectivity index (χ2v) is 10.6. The van der Waals surface area contributed by atoms with E-state index in [1.165, 1.54) is 16.4 Å². The van der Waals surface area contributed by atoms with Gasteiger partial charge in [-0.3, -0.25) is 9.59 Å². The molecule has 0 spiro atoms. The molecule has 4 rings (SSSR count). The summed E-state index contributed by atoms with van der Waals surface area (Å²) >= 11 is 0. The Morgan fingerprint density at radius 1 is 0.944 bits per heavy atom. The molecule has 0 aliphatic carbocycles. The summed E-state index contributed by atoms with van der Waals surface area (Å²) in [5.74, 6) is -1.75. The van der Waals surface area contributed by atoms with Gasteiger partial charge in [-0.15, -0.1) is 0 Å². The monoisotopic (exact) mass is 509 g/mol. The van der Waals surface area contributed by atoms with Crippen molar-refractivity contribution in [3.8, 4) is 0 Å². The van der Waals surface area contributed by atoms with Gasteiger partial charge in [-0.1, -0.05) is 42.5 Å². The number of anilines is 1. The summed E-state index contributed by atoms with van der Waals surface area (Å²) in [6.45, 7) is 0.741. The van der Waals surface area contributed by atoms with Gasteiger partial charge in [0.05, 0.1) is 22.1 Å². The van der Waals surface area contributed by atoms with Gasteiger partial charge >= 0.3 is 0 Å². The summed E-state index contributed by atoms with van der Waals surface area (Å²) in [4.78, 5) is 25.9. The van der Waals surface area contributed by atoms with Crippen molar-refractivity contribution in [2.75, 3.05) is 25.0 Å². The van der Waals surface area contributed by atoms with Crippen LogP contribution in [-0.2, 0) is 21.2 Å². The molecule has 1 fully saturated rings. The zero-order valence-corrected chi connectivity index (χ0v) is 20.5. The maximum Gasteiger partial charge on any atom is 0.253 e. The van der Waals surface area contributed by atoms with Crippen LogP contribution in [0, 0.1) is 11.7 Å². The molecule has 0 aromatic heterocycles. The van der Waals surface area contributed by atoms with E-state index < -0.39 is 21.8 Å². The van der Waals surface area contributed by atoms with Crippen LogP contribution in [0.15, 0.2) is 83.8 Å². The highest BCUT2D eigenvalue weighted by atomic mass is 32.2. The number of halogens is 1. The Balaban J connectivity index is 1.39. The summed E-state index contributed by atoms with van der Waals surface area (Å²) in [6, 6.07) is 21.2. The van der Waals surface area contributed by atoms with Crippen LogP contribution in [0.4, 0.5) is 10.1 Å². The standard InChI is InChI=1S/C27H28FN3O4S/c28-22-12-14-23(15-13-22)36(34,35)31-18-6-9-21(19-31)26(32)30-25-11-5-4-10-24(25)27(33)29-17-16-20-7-2-1-3-8-20/h1-5,7-8,10-15,21H,6,9,16-19H2,(H,29,33)(H,30,32)/t21-/m0/s1. The van der Waals surface area contributed by atoms with Crippen LogP contribution in [0.2, 0.25) is 0 Å². The number of rotatable bonds is 8. The fourth-order valence-electron chi connectivity index (χ4n) is 4.22. The van der Waals surface area contributed by atoms with Gasteiger partial charge in [-0.2, -0.15) is 4.31 Å². The first-order valence-corrected chi connectivity index (χ1v) is 13.3. The first-order chi connectivity index (χ1) is 17.3. The predicted molar refractivity (Wildman–Crippen MR) is 135 cm³/mol. The summed E-state index contributed by atoms with van der Waals surface area (Å²) in [5.41, 5.74) is 1.82. The van der Waals surface area contributed by atoms with Crippen molar-refractivity contribution in [3.63, 3.8) is 0 Å². The molecule has 36 heavy (non-hydrogen) atoms. The Kier molecular flexibility index (Phi) is 8.12. The quantitative estimate of drug-likeness (QED) is 0.482. The lowest BCUT2D eigenvalue weighted by atomic mass is 9.98. The van der Waals surface area contributed by atoms with Crippen LogP contribution in [0.1, 0.15) is 28.8 Å². The van der Waals surface area contributed by atoms with Crippen LogP contribution in [-0.4, -0.2) is 44.2 Å². The number of hydrogen-bond acceptors (Lipinski definition) is 4. The molecule has 1 heterocycles. The fourth-order valence-corrected chi connectivity index (χ4v) is 5.74. The molecule has 1 saturated heterocycles. The molecule has 2 N–H and O–H groups in total. The Morgan fingerprint density at radius 3 is 2.39 bits per heavy atom. The molecule has 0 radical (unpaired) electrons. The minimum Gasteiger partial charge on any atom is -0.352 e. The molecule has 1 aliphatic rings. The molecular formula is C27H28FN3O4S. The van der Waals surface area contributed by atoms with Gasteiger partial charge < -0.3 is 10.6 Å². The van der Waals surface area contributed by atoms with Crippen LogP contribution >= 0.6 is 0 Å². The Morgan fingerprint density at radius 2 is 1.64 bits per heavy atom. The van der Waals surface area contributed by atoms with E-state index >= 15 is 0 Å².